The molecule has 0 N–H and O–H groups in total. The highest BCUT2D eigenvalue weighted by Crippen LogP contribution is 2.24. The summed E-state index contributed by atoms with van der Waals surface area (Å²) in [6.45, 7) is 4.68. The Hall–Kier alpha value is -0.230. The van der Waals surface area contributed by atoms with Crippen LogP contribution in [0.2, 0.25) is 0 Å². The van der Waals surface area contributed by atoms with Gasteiger partial charge in [0.05, 0.1) is 5.25 Å². The summed E-state index contributed by atoms with van der Waals surface area (Å²) < 4.78 is 0. The van der Waals surface area contributed by atoms with E-state index in [4.69, 9.17) is 0 Å². The summed E-state index contributed by atoms with van der Waals surface area (Å²) in [6, 6.07) is -0.611. The molecule has 0 aromatic rings. The van der Waals surface area contributed by atoms with Crippen molar-refractivity contribution in [2.75, 3.05) is 18.1 Å². The van der Waals surface area contributed by atoms with Crippen LogP contribution < -0.4 is 0 Å². The molecule has 6 heteroatoms. The predicted octanol–water partition coefficient (Wildman–Crippen LogP) is 2.31. The third kappa shape index (κ3) is 3.68. The molecule has 0 spiro atoms. The maximum atomic E-state index is 11.0. The van der Waals surface area contributed by atoms with Gasteiger partial charge in [-0.2, -0.15) is 11.8 Å². The Morgan fingerprint density at radius 2 is 2.47 bits per heavy atom. The van der Waals surface area contributed by atoms with E-state index in [1.165, 1.54) is 0 Å². The van der Waals surface area contributed by atoms with Crippen molar-refractivity contribution in [1.29, 1.82) is 0 Å². The Morgan fingerprint density at radius 1 is 1.73 bits per heavy atom. The van der Waals surface area contributed by atoms with Gasteiger partial charge in [-0.1, -0.05) is 6.92 Å². The summed E-state index contributed by atoms with van der Waals surface area (Å²) in [5.74, 6) is 1.87. The van der Waals surface area contributed by atoms with Crippen molar-refractivity contribution in [1.82, 2.24) is 0 Å². The van der Waals surface area contributed by atoms with E-state index in [9.17, 15) is 10.1 Å². The molecule has 0 saturated heterocycles. The van der Waals surface area contributed by atoms with E-state index in [0.29, 0.717) is 0 Å². The average molecular weight is 248 g/mol. The van der Waals surface area contributed by atoms with Crippen molar-refractivity contribution in [3.8, 4) is 0 Å². The minimum absolute atomic E-state index is 0.00866. The first-order chi connectivity index (χ1) is 7.16. The van der Waals surface area contributed by atoms with Gasteiger partial charge in [-0.15, -0.1) is 11.8 Å². The van der Waals surface area contributed by atoms with Crippen LogP contribution in [0.4, 0.5) is 0 Å². The molecule has 2 atom stereocenters. The van der Waals surface area contributed by atoms with Crippen molar-refractivity contribution in [3.05, 3.63) is 10.1 Å². The highest BCUT2D eigenvalue weighted by Gasteiger charge is 2.34. The summed E-state index contributed by atoms with van der Waals surface area (Å²) in [4.78, 5) is 15.1. The molecule has 0 fully saturated rings. The van der Waals surface area contributed by atoms with Crippen molar-refractivity contribution < 1.29 is 4.92 Å². The van der Waals surface area contributed by atoms with E-state index in [1.54, 1.807) is 23.5 Å². The largest absolute Gasteiger partial charge is 0.276 e. The second kappa shape index (κ2) is 6.37. The van der Waals surface area contributed by atoms with Crippen LogP contribution in [0.15, 0.2) is 4.99 Å². The lowest BCUT2D eigenvalue weighted by Crippen LogP contribution is -2.37. The smallest absolute Gasteiger partial charge is 0.271 e. The van der Waals surface area contributed by atoms with Crippen LogP contribution in [0, 0.1) is 10.1 Å². The van der Waals surface area contributed by atoms with Gasteiger partial charge in [0, 0.05) is 17.2 Å². The fraction of sp³-hybridized carbons (Fsp3) is 0.889. The van der Waals surface area contributed by atoms with Crippen molar-refractivity contribution >= 4 is 28.6 Å². The average Bonchev–Trinajstić information content (AvgIpc) is 2.19. The van der Waals surface area contributed by atoms with Crippen LogP contribution in [0.3, 0.4) is 0 Å². The van der Waals surface area contributed by atoms with Gasteiger partial charge in [-0.25, -0.2) is 0 Å². The summed E-state index contributed by atoms with van der Waals surface area (Å²) >= 11 is 3.17. The number of thioether (sulfide) groups is 2. The van der Waals surface area contributed by atoms with Crippen LogP contribution in [-0.2, 0) is 0 Å². The van der Waals surface area contributed by atoms with Gasteiger partial charge in [0.25, 0.3) is 6.04 Å². The van der Waals surface area contributed by atoms with E-state index >= 15 is 0 Å². The molecule has 0 radical (unpaired) electrons. The molecule has 86 valence electrons. The van der Waals surface area contributed by atoms with Gasteiger partial charge in [-0.05, 0) is 19.1 Å². The number of nitro groups is 1. The quantitative estimate of drug-likeness (QED) is 0.553. The summed E-state index contributed by atoms with van der Waals surface area (Å²) in [5.41, 5.74) is 0. The fourth-order valence-corrected chi connectivity index (χ4v) is 3.62. The van der Waals surface area contributed by atoms with Gasteiger partial charge in [0.15, 0.2) is 0 Å². The Balaban J connectivity index is 2.72. The Morgan fingerprint density at radius 3 is 2.93 bits per heavy atom. The first-order valence-electron chi connectivity index (χ1n) is 5.09. The number of hydrogen-bond acceptors (Lipinski definition) is 5. The molecular weight excluding hydrogens is 232 g/mol. The van der Waals surface area contributed by atoms with E-state index in [1.807, 2.05) is 13.8 Å². The molecule has 0 aliphatic carbocycles. The molecule has 2 unspecified atom stereocenters. The van der Waals surface area contributed by atoms with E-state index in [-0.39, 0.29) is 10.2 Å². The van der Waals surface area contributed by atoms with E-state index in [2.05, 4.69) is 4.99 Å². The van der Waals surface area contributed by atoms with Gasteiger partial charge in [-0.3, -0.25) is 15.1 Å². The number of aliphatic imine (C=N–C) groups is 1. The van der Waals surface area contributed by atoms with Crippen molar-refractivity contribution in [3.63, 3.8) is 0 Å². The van der Waals surface area contributed by atoms with Gasteiger partial charge < -0.3 is 0 Å². The zero-order valence-corrected chi connectivity index (χ0v) is 10.6. The Labute approximate surface area is 98.4 Å². The zero-order chi connectivity index (χ0) is 11.3. The first-order valence-corrected chi connectivity index (χ1v) is 7.12. The molecule has 0 bridgehead atoms. The molecule has 4 nitrogen and oxygen atoms in total. The molecule has 1 heterocycles. The second-order valence-electron chi connectivity index (χ2n) is 3.31. The number of rotatable bonds is 5. The molecule has 0 aromatic carbocycles. The molecule has 1 rings (SSSR count). The topological polar surface area (TPSA) is 55.5 Å². The SMILES string of the molecule is CCSC(C)C(C1=NCCCS1)[N+](=O)[O-]. The van der Waals surface area contributed by atoms with Crippen molar-refractivity contribution in [2.45, 2.75) is 31.6 Å². The summed E-state index contributed by atoms with van der Waals surface area (Å²) in [6.07, 6.45) is 1.04. The molecule has 1 aliphatic heterocycles. The molecule has 0 aromatic heterocycles. The number of nitrogens with zero attached hydrogens (tertiary/aromatic N) is 2. The fourth-order valence-electron chi connectivity index (χ4n) is 1.47. The van der Waals surface area contributed by atoms with E-state index < -0.39 is 6.04 Å². The normalized spacial score (nSPS) is 20.5. The van der Waals surface area contributed by atoms with E-state index in [0.717, 1.165) is 29.5 Å². The first kappa shape index (κ1) is 12.8. The highest BCUT2D eigenvalue weighted by molar-refractivity contribution is 8.14. The molecule has 0 saturated carbocycles. The third-order valence-corrected chi connectivity index (χ3v) is 4.45. The lowest BCUT2D eigenvalue weighted by Gasteiger charge is -2.19. The van der Waals surface area contributed by atoms with Crippen LogP contribution in [-0.4, -0.2) is 39.3 Å². The summed E-state index contributed by atoms with van der Waals surface area (Å²) in [7, 11) is 0. The maximum Gasteiger partial charge on any atom is 0.271 e. The van der Waals surface area contributed by atoms with Crippen LogP contribution in [0.1, 0.15) is 20.3 Å². The molecule has 15 heavy (non-hydrogen) atoms. The van der Waals surface area contributed by atoms with Crippen LogP contribution in [0.25, 0.3) is 0 Å². The van der Waals surface area contributed by atoms with Gasteiger partial charge >= 0.3 is 0 Å². The second-order valence-corrected chi connectivity index (χ2v) is 6.08. The lowest BCUT2D eigenvalue weighted by molar-refractivity contribution is -0.500. The Bertz CT molecular complexity index is 258. The predicted molar refractivity (Wildman–Crippen MR) is 67.8 cm³/mol. The van der Waals surface area contributed by atoms with Crippen LogP contribution >= 0.6 is 23.5 Å². The minimum Gasteiger partial charge on any atom is -0.276 e. The zero-order valence-electron chi connectivity index (χ0n) is 9.01. The molecular formula is C9H16N2O2S2. The van der Waals surface area contributed by atoms with Gasteiger partial charge in [0.1, 0.15) is 5.04 Å². The van der Waals surface area contributed by atoms with Crippen LogP contribution in [0.5, 0.6) is 0 Å². The highest BCUT2D eigenvalue weighted by atomic mass is 32.2. The lowest BCUT2D eigenvalue weighted by atomic mass is 10.2. The summed E-state index contributed by atoms with van der Waals surface area (Å²) in [5, 5.41) is 11.7. The van der Waals surface area contributed by atoms with Gasteiger partial charge in [0.2, 0.25) is 0 Å². The Kier molecular flexibility index (Phi) is 5.45. The maximum absolute atomic E-state index is 11.0. The molecule has 1 aliphatic rings. The monoisotopic (exact) mass is 248 g/mol. The molecule has 0 amide bonds. The third-order valence-electron chi connectivity index (χ3n) is 2.17. The number of hydrogen-bond donors (Lipinski definition) is 0. The van der Waals surface area contributed by atoms with Crippen molar-refractivity contribution in [2.24, 2.45) is 4.99 Å². The standard InChI is InChI=1S/C9H16N2O2S2/c1-3-14-7(2)8(11(12)13)9-10-5-4-6-15-9/h7-8H,3-6H2,1-2H3. The minimum atomic E-state index is -0.611.